The standard InChI is InChI=1S/C24H31N3O2/c1-5-25(6-2)22-11-12-23(18(3)15-22)27(19(4)28)17-24(29)26-14-13-20-9-7-8-10-21(20)16-26/h7-12,15H,5-6,13-14,16-17H2,1-4H3. The summed E-state index contributed by atoms with van der Waals surface area (Å²) in [5.74, 6) is -0.128. The summed E-state index contributed by atoms with van der Waals surface area (Å²) in [6.07, 6.45) is 0.861. The van der Waals surface area contributed by atoms with Crippen LogP contribution in [0.25, 0.3) is 0 Å². The molecule has 1 heterocycles. The van der Waals surface area contributed by atoms with Gasteiger partial charge in [0, 0.05) is 44.5 Å². The lowest BCUT2D eigenvalue weighted by molar-refractivity contribution is -0.132. The number of amides is 2. The lowest BCUT2D eigenvalue weighted by atomic mass is 10.00. The van der Waals surface area contributed by atoms with Gasteiger partial charge < -0.3 is 14.7 Å². The lowest BCUT2D eigenvalue weighted by Gasteiger charge is -2.32. The van der Waals surface area contributed by atoms with E-state index in [1.807, 2.05) is 36.1 Å². The first kappa shape index (κ1) is 20.9. The van der Waals surface area contributed by atoms with Crippen molar-refractivity contribution in [3.8, 4) is 0 Å². The highest BCUT2D eigenvalue weighted by Crippen LogP contribution is 2.26. The van der Waals surface area contributed by atoms with E-state index in [1.54, 1.807) is 4.90 Å². The van der Waals surface area contributed by atoms with Gasteiger partial charge in [-0.15, -0.1) is 0 Å². The molecule has 1 aliphatic rings. The molecule has 0 aromatic heterocycles. The Bertz CT molecular complexity index is 889. The highest BCUT2D eigenvalue weighted by atomic mass is 16.2. The van der Waals surface area contributed by atoms with Crippen molar-refractivity contribution < 1.29 is 9.59 Å². The molecular formula is C24H31N3O2. The van der Waals surface area contributed by atoms with Gasteiger partial charge in [-0.25, -0.2) is 0 Å². The largest absolute Gasteiger partial charge is 0.372 e. The summed E-state index contributed by atoms with van der Waals surface area (Å²) in [7, 11) is 0. The van der Waals surface area contributed by atoms with Gasteiger partial charge in [-0.3, -0.25) is 9.59 Å². The molecule has 0 N–H and O–H groups in total. The molecule has 0 spiro atoms. The van der Waals surface area contributed by atoms with Crippen molar-refractivity contribution in [2.24, 2.45) is 0 Å². The van der Waals surface area contributed by atoms with Crippen LogP contribution < -0.4 is 9.80 Å². The number of aryl methyl sites for hydroxylation is 1. The maximum absolute atomic E-state index is 13.0. The summed E-state index contributed by atoms with van der Waals surface area (Å²) in [5, 5.41) is 0. The number of anilines is 2. The van der Waals surface area contributed by atoms with Crippen LogP contribution in [0.15, 0.2) is 42.5 Å². The van der Waals surface area contributed by atoms with Crippen LogP contribution >= 0.6 is 0 Å². The fraction of sp³-hybridized carbons (Fsp3) is 0.417. The summed E-state index contributed by atoms with van der Waals surface area (Å²) in [5.41, 5.74) is 5.45. The van der Waals surface area contributed by atoms with Crippen LogP contribution in [0, 0.1) is 6.92 Å². The molecule has 0 saturated carbocycles. The maximum atomic E-state index is 13.0. The van der Waals surface area contributed by atoms with Crippen molar-refractivity contribution >= 4 is 23.2 Å². The monoisotopic (exact) mass is 393 g/mol. The molecule has 3 rings (SSSR count). The van der Waals surface area contributed by atoms with Crippen LogP contribution in [0.3, 0.4) is 0 Å². The van der Waals surface area contributed by atoms with Crippen molar-refractivity contribution in [2.45, 2.75) is 40.7 Å². The molecule has 0 saturated heterocycles. The van der Waals surface area contributed by atoms with Crippen molar-refractivity contribution in [1.82, 2.24) is 4.90 Å². The topological polar surface area (TPSA) is 43.9 Å². The summed E-state index contributed by atoms with van der Waals surface area (Å²) >= 11 is 0. The zero-order chi connectivity index (χ0) is 21.0. The number of benzene rings is 2. The van der Waals surface area contributed by atoms with Crippen LogP contribution in [0.1, 0.15) is 37.5 Å². The van der Waals surface area contributed by atoms with Gasteiger partial charge in [-0.2, -0.15) is 0 Å². The normalized spacial score (nSPS) is 13.0. The minimum atomic E-state index is -0.116. The Morgan fingerprint density at radius 2 is 1.72 bits per heavy atom. The Morgan fingerprint density at radius 1 is 1.03 bits per heavy atom. The van der Waals surface area contributed by atoms with Gasteiger partial charge in [0.25, 0.3) is 0 Å². The number of hydrogen-bond donors (Lipinski definition) is 0. The van der Waals surface area contributed by atoms with E-state index in [0.29, 0.717) is 13.1 Å². The quantitative estimate of drug-likeness (QED) is 0.750. The molecular weight excluding hydrogens is 362 g/mol. The Hall–Kier alpha value is -2.82. The minimum absolute atomic E-state index is 0.0121. The van der Waals surface area contributed by atoms with E-state index in [4.69, 9.17) is 0 Å². The smallest absolute Gasteiger partial charge is 0.242 e. The summed E-state index contributed by atoms with van der Waals surface area (Å²) in [6, 6.07) is 14.3. The van der Waals surface area contributed by atoms with Gasteiger partial charge in [0.15, 0.2) is 0 Å². The fourth-order valence-electron chi connectivity index (χ4n) is 4.04. The highest BCUT2D eigenvalue weighted by molar-refractivity contribution is 5.98. The third-order valence-corrected chi connectivity index (χ3v) is 5.76. The van der Waals surface area contributed by atoms with E-state index in [9.17, 15) is 9.59 Å². The Balaban J connectivity index is 1.77. The molecule has 2 aromatic carbocycles. The van der Waals surface area contributed by atoms with Gasteiger partial charge in [0.2, 0.25) is 11.8 Å². The molecule has 2 amide bonds. The molecule has 0 aliphatic carbocycles. The van der Waals surface area contributed by atoms with Gasteiger partial charge >= 0.3 is 0 Å². The average Bonchev–Trinajstić information content (AvgIpc) is 2.72. The molecule has 1 aliphatic heterocycles. The van der Waals surface area contributed by atoms with Gasteiger partial charge in [0.05, 0.1) is 0 Å². The Morgan fingerprint density at radius 3 is 2.34 bits per heavy atom. The predicted octanol–water partition coefficient (Wildman–Crippen LogP) is 3.78. The zero-order valence-electron chi connectivity index (χ0n) is 17.9. The van der Waals surface area contributed by atoms with Gasteiger partial charge in [-0.05, 0) is 62.1 Å². The molecule has 5 nitrogen and oxygen atoms in total. The first-order valence-corrected chi connectivity index (χ1v) is 10.4. The van der Waals surface area contributed by atoms with Crippen LogP contribution in [0.4, 0.5) is 11.4 Å². The van der Waals surface area contributed by atoms with Crippen LogP contribution in [-0.2, 0) is 22.6 Å². The van der Waals surface area contributed by atoms with E-state index < -0.39 is 0 Å². The second kappa shape index (κ2) is 9.12. The Kier molecular flexibility index (Phi) is 6.57. The molecule has 0 bridgehead atoms. The summed E-state index contributed by atoms with van der Waals surface area (Å²) in [4.78, 5) is 31.1. The van der Waals surface area contributed by atoms with E-state index in [0.717, 1.165) is 36.4 Å². The number of carbonyl (C=O) groups excluding carboxylic acids is 2. The molecule has 0 unspecified atom stereocenters. The molecule has 0 radical (unpaired) electrons. The van der Waals surface area contributed by atoms with Crippen LogP contribution in [-0.4, -0.2) is 42.9 Å². The van der Waals surface area contributed by atoms with Gasteiger partial charge in [-0.1, -0.05) is 24.3 Å². The van der Waals surface area contributed by atoms with E-state index in [-0.39, 0.29) is 18.4 Å². The van der Waals surface area contributed by atoms with Gasteiger partial charge in [0.1, 0.15) is 6.54 Å². The molecule has 0 atom stereocenters. The molecule has 154 valence electrons. The van der Waals surface area contributed by atoms with E-state index in [2.05, 4.69) is 36.9 Å². The predicted molar refractivity (Wildman–Crippen MR) is 118 cm³/mol. The fourth-order valence-corrected chi connectivity index (χ4v) is 4.04. The van der Waals surface area contributed by atoms with Crippen molar-refractivity contribution in [3.05, 3.63) is 59.2 Å². The van der Waals surface area contributed by atoms with E-state index >= 15 is 0 Å². The third-order valence-electron chi connectivity index (χ3n) is 5.76. The summed E-state index contributed by atoms with van der Waals surface area (Å²) in [6.45, 7) is 11.0. The zero-order valence-corrected chi connectivity index (χ0v) is 17.9. The SMILES string of the molecule is CCN(CC)c1ccc(N(CC(=O)N2CCc3ccccc3C2)C(C)=O)c(C)c1. The number of fused-ring (bicyclic) bond motifs is 1. The highest BCUT2D eigenvalue weighted by Gasteiger charge is 2.24. The van der Waals surface area contributed by atoms with Crippen LogP contribution in [0.2, 0.25) is 0 Å². The van der Waals surface area contributed by atoms with Crippen molar-refractivity contribution in [3.63, 3.8) is 0 Å². The second-order valence-electron chi connectivity index (χ2n) is 7.58. The number of carbonyl (C=O) groups is 2. The van der Waals surface area contributed by atoms with E-state index in [1.165, 1.54) is 18.1 Å². The maximum Gasteiger partial charge on any atom is 0.242 e. The lowest BCUT2D eigenvalue weighted by Crippen LogP contribution is -2.44. The molecule has 5 heteroatoms. The molecule has 29 heavy (non-hydrogen) atoms. The molecule has 2 aromatic rings. The second-order valence-corrected chi connectivity index (χ2v) is 7.58. The first-order valence-electron chi connectivity index (χ1n) is 10.4. The van der Waals surface area contributed by atoms with Crippen molar-refractivity contribution in [2.75, 3.05) is 36.0 Å². The first-order chi connectivity index (χ1) is 13.9. The third kappa shape index (κ3) is 4.61. The number of hydrogen-bond acceptors (Lipinski definition) is 3. The minimum Gasteiger partial charge on any atom is -0.372 e. The Labute approximate surface area is 173 Å². The van der Waals surface area contributed by atoms with Crippen LogP contribution in [0.5, 0.6) is 0 Å². The average molecular weight is 394 g/mol. The van der Waals surface area contributed by atoms with Crippen molar-refractivity contribution in [1.29, 1.82) is 0 Å². The molecule has 0 fully saturated rings. The number of rotatable bonds is 6. The summed E-state index contributed by atoms with van der Waals surface area (Å²) < 4.78 is 0. The number of nitrogens with zero attached hydrogens (tertiary/aromatic N) is 3.